The summed E-state index contributed by atoms with van der Waals surface area (Å²) in [6.45, 7) is -0.332. The number of pyridine rings is 1. The number of nitrogens with one attached hydrogen (secondary N) is 2. The number of rotatable bonds is 8. The summed E-state index contributed by atoms with van der Waals surface area (Å²) >= 11 is 3.35. The summed E-state index contributed by atoms with van der Waals surface area (Å²) in [5, 5.41) is 6.53. The molecule has 3 aromatic rings. The van der Waals surface area contributed by atoms with Gasteiger partial charge >= 0.3 is 6.18 Å². The van der Waals surface area contributed by atoms with Crippen molar-refractivity contribution in [1.82, 2.24) is 4.98 Å². The molecule has 178 valence electrons. The van der Waals surface area contributed by atoms with E-state index in [4.69, 9.17) is 9.47 Å². The van der Waals surface area contributed by atoms with Crippen LogP contribution in [0.1, 0.15) is 11.1 Å². The van der Waals surface area contributed by atoms with E-state index in [9.17, 15) is 22.4 Å². The summed E-state index contributed by atoms with van der Waals surface area (Å²) in [5.41, 5.74) is 2.65. The zero-order valence-electron chi connectivity index (χ0n) is 17.5. The van der Waals surface area contributed by atoms with Gasteiger partial charge in [-0.05, 0) is 70.0 Å². The van der Waals surface area contributed by atoms with Crippen LogP contribution in [0.4, 0.5) is 29.1 Å². The van der Waals surface area contributed by atoms with E-state index < -0.39 is 23.5 Å². The SMILES string of the molecule is COc1cc(/C=N\Nc2ccc(C(F)(F)F)cn2)cc(Br)c1OCC(=O)Nc1ccc(F)cc1. The van der Waals surface area contributed by atoms with E-state index in [0.29, 0.717) is 27.7 Å². The maximum atomic E-state index is 13.0. The van der Waals surface area contributed by atoms with Crippen LogP contribution in [0.15, 0.2) is 64.3 Å². The van der Waals surface area contributed by atoms with E-state index in [1.807, 2.05) is 0 Å². The maximum Gasteiger partial charge on any atom is 0.417 e. The number of ether oxygens (including phenoxy) is 2. The highest BCUT2D eigenvalue weighted by Gasteiger charge is 2.30. The minimum atomic E-state index is -4.47. The number of amides is 1. The van der Waals surface area contributed by atoms with Gasteiger partial charge in [0, 0.05) is 11.9 Å². The molecule has 12 heteroatoms. The molecule has 7 nitrogen and oxygen atoms in total. The van der Waals surface area contributed by atoms with Crippen molar-refractivity contribution in [2.24, 2.45) is 5.10 Å². The zero-order valence-corrected chi connectivity index (χ0v) is 19.1. The third-order valence-corrected chi connectivity index (χ3v) is 4.80. The van der Waals surface area contributed by atoms with Crippen molar-refractivity contribution >= 4 is 39.6 Å². The third-order valence-electron chi connectivity index (χ3n) is 4.21. The van der Waals surface area contributed by atoms with Gasteiger partial charge in [-0.1, -0.05) is 0 Å². The predicted octanol–water partition coefficient (Wildman–Crippen LogP) is 5.47. The van der Waals surface area contributed by atoms with Gasteiger partial charge in [-0.15, -0.1) is 0 Å². The Labute approximate surface area is 199 Å². The fraction of sp³-hybridized carbons (Fsp3) is 0.136. The molecule has 0 aliphatic heterocycles. The van der Waals surface area contributed by atoms with Gasteiger partial charge in [-0.25, -0.2) is 9.37 Å². The van der Waals surface area contributed by atoms with Crippen molar-refractivity contribution in [3.8, 4) is 11.5 Å². The second-order valence-electron chi connectivity index (χ2n) is 6.68. The summed E-state index contributed by atoms with van der Waals surface area (Å²) in [6, 6.07) is 10.6. The highest BCUT2D eigenvalue weighted by molar-refractivity contribution is 9.10. The van der Waals surface area contributed by atoms with Gasteiger partial charge in [-0.3, -0.25) is 10.2 Å². The molecule has 0 unspecified atom stereocenters. The van der Waals surface area contributed by atoms with Gasteiger partial charge in [-0.2, -0.15) is 18.3 Å². The van der Waals surface area contributed by atoms with Crippen molar-refractivity contribution in [3.05, 3.63) is 76.1 Å². The Kier molecular flexibility index (Phi) is 8.05. The Hall–Kier alpha value is -3.67. The number of nitrogens with zero attached hydrogens (tertiary/aromatic N) is 2. The van der Waals surface area contributed by atoms with Crippen molar-refractivity contribution in [3.63, 3.8) is 0 Å². The highest BCUT2D eigenvalue weighted by Crippen LogP contribution is 2.36. The zero-order chi connectivity index (χ0) is 24.7. The van der Waals surface area contributed by atoms with Crippen molar-refractivity contribution in [2.45, 2.75) is 6.18 Å². The molecule has 1 aromatic heterocycles. The lowest BCUT2D eigenvalue weighted by atomic mass is 10.2. The number of anilines is 2. The number of halogens is 5. The maximum absolute atomic E-state index is 13.0. The molecule has 0 fully saturated rings. The standard InChI is InChI=1S/C22H17BrF4N4O3/c1-33-18-9-13(10-29-31-19-7-2-14(11-28-19)22(25,26)27)8-17(23)21(18)34-12-20(32)30-16-5-3-15(24)4-6-16/h2-11H,12H2,1H3,(H,28,31)(H,30,32)/b29-10-. The minimum absolute atomic E-state index is 0.127. The summed E-state index contributed by atoms with van der Waals surface area (Å²) in [7, 11) is 1.42. The third kappa shape index (κ3) is 6.91. The normalized spacial score (nSPS) is 11.4. The van der Waals surface area contributed by atoms with Crippen LogP contribution in [-0.2, 0) is 11.0 Å². The molecule has 0 spiro atoms. The first-order chi connectivity index (χ1) is 16.2. The van der Waals surface area contributed by atoms with Crippen molar-refractivity contribution in [2.75, 3.05) is 24.5 Å². The molecule has 1 amide bonds. The van der Waals surface area contributed by atoms with Gasteiger partial charge < -0.3 is 14.8 Å². The van der Waals surface area contributed by atoms with Gasteiger partial charge in [0.2, 0.25) is 0 Å². The molecule has 1 heterocycles. The van der Waals surface area contributed by atoms with Crippen molar-refractivity contribution < 1.29 is 31.8 Å². The molecular weight excluding hydrogens is 524 g/mol. The molecule has 0 aliphatic rings. The first-order valence-electron chi connectivity index (χ1n) is 9.54. The molecule has 0 bridgehead atoms. The van der Waals surface area contributed by atoms with E-state index in [1.54, 1.807) is 12.1 Å². The average Bonchev–Trinajstić information content (AvgIpc) is 2.79. The first kappa shape index (κ1) is 25.0. The molecule has 0 saturated carbocycles. The summed E-state index contributed by atoms with van der Waals surface area (Å²) < 4.78 is 62.1. The Morgan fingerprint density at radius 1 is 1.18 bits per heavy atom. The molecule has 0 aliphatic carbocycles. The number of aromatic nitrogens is 1. The lowest BCUT2D eigenvalue weighted by Crippen LogP contribution is -2.20. The Balaban J connectivity index is 1.62. The second kappa shape index (κ2) is 11.0. The predicted molar refractivity (Wildman–Crippen MR) is 122 cm³/mol. The van der Waals surface area contributed by atoms with Crippen LogP contribution in [0.3, 0.4) is 0 Å². The van der Waals surface area contributed by atoms with E-state index in [2.05, 4.69) is 36.8 Å². The summed E-state index contributed by atoms with van der Waals surface area (Å²) in [6.07, 6.45) is -2.36. The van der Waals surface area contributed by atoms with Crippen LogP contribution in [0.2, 0.25) is 0 Å². The molecule has 0 atom stereocenters. The molecule has 2 N–H and O–H groups in total. The molecular formula is C22H17BrF4N4O3. The van der Waals surface area contributed by atoms with Crippen molar-refractivity contribution in [1.29, 1.82) is 0 Å². The smallest absolute Gasteiger partial charge is 0.417 e. The molecule has 2 aromatic carbocycles. The molecule has 3 rings (SSSR count). The first-order valence-corrected chi connectivity index (χ1v) is 10.3. The second-order valence-corrected chi connectivity index (χ2v) is 7.53. The van der Waals surface area contributed by atoms with Gasteiger partial charge in [0.25, 0.3) is 5.91 Å². The Bertz CT molecular complexity index is 1170. The van der Waals surface area contributed by atoms with Crippen LogP contribution in [0.5, 0.6) is 11.5 Å². The van der Waals surface area contributed by atoms with Crippen LogP contribution in [0.25, 0.3) is 0 Å². The molecule has 0 saturated heterocycles. The van der Waals surface area contributed by atoms with Crippen LogP contribution in [-0.4, -0.2) is 30.8 Å². The van der Waals surface area contributed by atoms with Crippen LogP contribution < -0.4 is 20.2 Å². The monoisotopic (exact) mass is 540 g/mol. The van der Waals surface area contributed by atoms with E-state index in [1.165, 1.54) is 37.6 Å². The number of carbonyl (C=O) groups is 1. The van der Waals surface area contributed by atoms with Crippen LogP contribution in [0, 0.1) is 5.82 Å². The Morgan fingerprint density at radius 3 is 2.53 bits per heavy atom. The summed E-state index contributed by atoms with van der Waals surface area (Å²) in [4.78, 5) is 15.8. The summed E-state index contributed by atoms with van der Waals surface area (Å²) in [5.74, 6) is -0.177. The number of benzene rings is 2. The topological polar surface area (TPSA) is 84.8 Å². The highest BCUT2D eigenvalue weighted by atomic mass is 79.9. The van der Waals surface area contributed by atoms with E-state index >= 15 is 0 Å². The van der Waals surface area contributed by atoms with Gasteiger partial charge in [0.1, 0.15) is 11.6 Å². The number of hydrogen-bond acceptors (Lipinski definition) is 6. The van der Waals surface area contributed by atoms with E-state index in [0.717, 1.165) is 12.1 Å². The number of hydrazone groups is 1. The number of hydrogen-bond donors (Lipinski definition) is 2. The lowest BCUT2D eigenvalue weighted by Gasteiger charge is -2.13. The fourth-order valence-corrected chi connectivity index (χ4v) is 3.20. The fourth-order valence-electron chi connectivity index (χ4n) is 2.62. The molecule has 0 radical (unpaired) electrons. The quantitative estimate of drug-likeness (QED) is 0.225. The average molecular weight is 541 g/mol. The van der Waals surface area contributed by atoms with Gasteiger partial charge in [0.05, 0.1) is 23.4 Å². The number of methoxy groups -OCH3 is 1. The number of alkyl halides is 3. The Morgan fingerprint density at radius 2 is 1.91 bits per heavy atom. The minimum Gasteiger partial charge on any atom is -0.493 e. The van der Waals surface area contributed by atoms with E-state index in [-0.39, 0.29) is 18.2 Å². The number of carbonyl (C=O) groups excluding carboxylic acids is 1. The largest absolute Gasteiger partial charge is 0.493 e. The molecule has 34 heavy (non-hydrogen) atoms. The van der Waals surface area contributed by atoms with Gasteiger partial charge in [0.15, 0.2) is 18.1 Å². The van der Waals surface area contributed by atoms with Crippen LogP contribution >= 0.6 is 15.9 Å². The lowest BCUT2D eigenvalue weighted by molar-refractivity contribution is -0.137.